The molecule has 1 aromatic heterocycles. The van der Waals surface area contributed by atoms with Gasteiger partial charge in [0.15, 0.2) is 0 Å². The SMILES string of the molecule is O=c1[nH]c(O)c(C=c2ccc3c(c2)OCCN=3)s1. The molecule has 2 aromatic rings. The summed E-state index contributed by atoms with van der Waals surface area (Å²) in [6.07, 6.45) is 1.73. The first-order valence-corrected chi connectivity index (χ1v) is 6.25. The third-order valence-electron chi connectivity index (χ3n) is 2.57. The largest absolute Gasteiger partial charge is 0.493 e. The van der Waals surface area contributed by atoms with Gasteiger partial charge in [-0.2, -0.15) is 0 Å². The van der Waals surface area contributed by atoms with Crippen molar-refractivity contribution in [2.24, 2.45) is 4.99 Å². The van der Waals surface area contributed by atoms with Crippen LogP contribution in [0.2, 0.25) is 0 Å². The second-order valence-electron chi connectivity index (χ2n) is 3.83. The molecule has 1 aromatic carbocycles. The number of aromatic amines is 1. The van der Waals surface area contributed by atoms with Crippen molar-refractivity contribution in [2.75, 3.05) is 13.2 Å². The van der Waals surface area contributed by atoms with Gasteiger partial charge in [0.2, 0.25) is 5.88 Å². The zero-order valence-corrected chi connectivity index (χ0v) is 10.2. The van der Waals surface area contributed by atoms with Crippen molar-refractivity contribution >= 4 is 17.4 Å². The Kier molecular flexibility index (Phi) is 2.64. The summed E-state index contributed by atoms with van der Waals surface area (Å²) in [4.78, 5) is 18.0. The molecule has 0 spiro atoms. The van der Waals surface area contributed by atoms with Gasteiger partial charge >= 0.3 is 4.87 Å². The van der Waals surface area contributed by atoms with Gasteiger partial charge in [-0.25, -0.2) is 0 Å². The summed E-state index contributed by atoms with van der Waals surface area (Å²) in [7, 11) is 0. The number of hydrogen-bond donors (Lipinski definition) is 2. The lowest BCUT2D eigenvalue weighted by molar-refractivity contribution is 0.309. The zero-order chi connectivity index (χ0) is 12.5. The van der Waals surface area contributed by atoms with Crippen LogP contribution in [0.4, 0.5) is 0 Å². The summed E-state index contributed by atoms with van der Waals surface area (Å²) in [5.74, 6) is 0.630. The first-order valence-electron chi connectivity index (χ1n) is 5.43. The Morgan fingerprint density at radius 1 is 1.50 bits per heavy atom. The molecule has 0 saturated heterocycles. The molecule has 0 unspecified atom stereocenters. The van der Waals surface area contributed by atoms with Crippen LogP contribution >= 0.6 is 11.3 Å². The molecule has 2 heterocycles. The second kappa shape index (κ2) is 4.30. The molecule has 2 N–H and O–H groups in total. The Bertz CT molecular complexity index is 760. The van der Waals surface area contributed by atoms with Crippen molar-refractivity contribution in [3.8, 4) is 11.6 Å². The predicted molar refractivity (Wildman–Crippen MR) is 67.8 cm³/mol. The Morgan fingerprint density at radius 2 is 2.39 bits per heavy atom. The fourth-order valence-corrected chi connectivity index (χ4v) is 2.46. The van der Waals surface area contributed by atoms with Gasteiger partial charge in [0.05, 0.1) is 16.8 Å². The molecule has 0 atom stereocenters. The summed E-state index contributed by atoms with van der Waals surface area (Å²) in [5.41, 5.74) is 0. The molecule has 5 nitrogen and oxygen atoms in total. The number of aromatic nitrogens is 1. The van der Waals surface area contributed by atoms with Crippen LogP contribution < -0.4 is 20.2 Å². The van der Waals surface area contributed by atoms with Crippen LogP contribution in [-0.4, -0.2) is 23.2 Å². The number of nitrogens with zero attached hydrogens (tertiary/aromatic N) is 1. The summed E-state index contributed by atoms with van der Waals surface area (Å²) < 4.78 is 5.49. The van der Waals surface area contributed by atoms with E-state index in [1.165, 1.54) is 0 Å². The lowest BCUT2D eigenvalue weighted by Crippen LogP contribution is -2.21. The third kappa shape index (κ3) is 2.02. The predicted octanol–water partition coefficient (Wildman–Crippen LogP) is -0.0172. The van der Waals surface area contributed by atoms with E-state index in [0.717, 1.165) is 27.7 Å². The highest BCUT2D eigenvalue weighted by atomic mass is 32.1. The van der Waals surface area contributed by atoms with E-state index in [9.17, 15) is 9.90 Å². The van der Waals surface area contributed by atoms with Gasteiger partial charge in [0.25, 0.3) is 0 Å². The van der Waals surface area contributed by atoms with Gasteiger partial charge in [0.1, 0.15) is 12.4 Å². The molecule has 0 saturated carbocycles. The maximum absolute atomic E-state index is 11.1. The Labute approximate surface area is 106 Å². The Balaban J connectivity index is 2.13. The van der Waals surface area contributed by atoms with Gasteiger partial charge in [0, 0.05) is 0 Å². The number of thiazole rings is 1. The van der Waals surface area contributed by atoms with E-state index in [1.807, 2.05) is 18.2 Å². The topological polar surface area (TPSA) is 74.7 Å². The molecule has 0 fully saturated rings. The van der Waals surface area contributed by atoms with E-state index < -0.39 is 0 Å². The number of nitrogens with one attached hydrogen (secondary N) is 1. The Morgan fingerprint density at radius 3 is 3.17 bits per heavy atom. The van der Waals surface area contributed by atoms with Crippen molar-refractivity contribution in [3.05, 3.63) is 43.3 Å². The van der Waals surface area contributed by atoms with Crippen LogP contribution in [0, 0.1) is 0 Å². The molecule has 1 aliphatic heterocycles. The molecule has 0 aliphatic carbocycles. The highest BCUT2D eigenvalue weighted by Gasteiger charge is 2.05. The number of aromatic hydroxyl groups is 1. The fraction of sp³-hybridized carbons (Fsp3) is 0.167. The maximum atomic E-state index is 11.1. The summed E-state index contributed by atoms with van der Waals surface area (Å²) in [5, 5.41) is 11.2. The van der Waals surface area contributed by atoms with Crippen molar-refractivity contribution in [3.63, 3.8) is 0 Å². The molecule has 18 heavy (non-hydrogen) atoms. The van der Waals surface area contributed by atoms with E-state index in [0.29, 0.717) is 18.0 Å². The van der Waals surface area contributed by atoms with Crippen molar-refractivity contribution in [1.82, 2.24) is 4.98 Å². The summed E-state index contributed by atoms with van der Waals surface area (Å²) in [6.45, 7) is 1.26. The smallest absolute Gasteiger partial charge is 0.307 e. The van der Waals surface area contributed by atoms with Crippen LogP contribution in [0.3, 0.4) is 0 Å². The molecule has 92 valence electrons. The number of rotatable bonds is 1. The van der Waals surface area contributed by atoms with Gasteiger partial charge in [-0.05, 0) is 23.4 Å². The quantitative estimate of drug-likeness (QED) is 0.758. The van der Waals surface area contributed by atoms with Crippen LogP contribution in [0.1, 0.15) is 4.88 Å². The summed E-state index contributed by atoms with van der Waals surface area (Å²) >= 11 is 0.966. The second-order valence-corrected chi connectivity index (χ2v) is 4.84. The number of fused-ring (bicyclic) bond motifs is 1. The minimum Gasteiger partial charge on any atom is -0.493 e. The van der Waals surface area contributed by atoms with Crippen LogP contribution in [0.25, 0.3) is 6.08 Å². The molecular formula is C12H10N2O3S. The van der Waals surface area contributed by atoms with Crippen molar-refractivity contribution < 1.29 is 9.84 Å². The monoisotopic (exact) mass is 262 g/mol. The van der Waals surface area contributed by atoms with E-state index in [1.54, 1.807) is 6.08 Å². The van der Waals surface area contributed by atoms with Gasteiger partial charge in [-0.15, -0.1) is 0 Å². The highest BCUT2D eigenvalue weighted by molar-refractivity contribution is 7.10. The maximum Gasteiger partial charge on any atom is 0.307 e. The van der Waals surface area contributed by atoms with Crippen LogP contribution in [0.5, 0.6) is 11.6 Å². The number of benzene rings is 1. The Hall–Kier alpha value is -2.08. The van der Waals surface area contributed by atoms with Crippen LogP contribution in [0.15, 0.2) is 28.0 Å². The average molecular weight is 262 g/mol. The summed E-state index contributed by atoms with van der Waals surface area (Å²) in [6, 6.07) is 5.59. The normalized spacial score (nSPS) is 14.8. The molecule has 6 heteroatoms. The first kappa shape index (κ1) is 11.0. The van der Waals surface area contributed by atoms with Gasteiger partial charge in [-0.3, -0.25) is 14.8 Å². The molecular weight excluding hydrogens is 252 g/mol. The molecule has 0 bridgehead atoms. The standard InChI is InChI=1S/C12H10N2O3S/c15-11-10(18-12(16)14-11)6-7-1-2-8-9(5-7)17-4-3-13-8/h1-2,5-6,15H,3-4H2,(H,14,16). The lowest BCUT2D eigenvalue weighted by atomic mass is 10.2. The average Bonchev–Trinajstić information content (AvgIpc) is 2.68. The van der Waals surface area contributed by atoms with E-state index in [-0.39, 0.29) is 10.8 Å². The van der Waals surface area contributed by atoms with Gasteiger partial charge in [-0.1, -0.05) is 17.4 Å². The minimum atomic E-state index is -0.275. The fourth-order valence-electron chi connectivity index (χ4n) is 1.77. The highest BCUT2D eigenvalue weighted by Crippen LogP contribution is 2.16. The van der Waals surface area contributed by atoms with Crippen LogP contribution in [-0.2, 0) is 0 Å². The van der Waals surface area contributed by atoms with Gasteiger partial charge < -0.3 is 9.84 Å². The third-order valence-corrected chi connectivity index (χ3v) is 3.39. The minimum absolute atomic E-state index is 0.103. The van der Waals surface area contributed by atoms with Crippen molar-refractivity contribution in [2.45, 2.75) is 0 Å². The van der Waals surface area contributed by atoms with Crippen molar-refractivity contribution in [1.29, 1.82) is 0 Å². The van der Waals surface area contributed by atoms with E-state index >= 15 is 0 Å². The number of ether oxygens (including phenoxy) is 1. The molecule has 3 rings (SSSR count). The molecule has 0 radical (unpaired) electrons. The van der Waals surface area contributed by atoms with E-state index in [4.69, 9.17) is 4.74 Å². The number of hydrogen-bond acceptors (Lipinski definition) is 5. The zero-order valence-electron chi connectivity index (χ0n) is 9.34. The molecule has 1 aliphatic rings. The molecule has 0 amide bonds. The number of H-pyrrole nitrogens is 1. The van der Waals surface area contributed by atoms with E-state index in [2.05, 4.69) is 9.98 Å². The lowest BCUT2D eigenvalue weighted by Gasteiger charge is -2.09. The first-order chi connectivity index (χ1) is 8.72.